The third kappa shape index (κ3) is 4.67. The van der Waals surface area contributed by atoms with Crippen LogP contribution in [-0.2, 0) is 0 Å². The van der Waals surface area contributed by atoms with Gasteiger partial charge in [0.25, 0.3) is 0 Å². The average molecular weight is 237 g/mol. The van der Waals surface area contributed by atoms with Crippen LogP contribution >= 0.6 is 0 Å². The molecular formula is C14H27N3. The highest BCUT2D eigenvalue weighted by Crippen LogP contribution is 2.12. The lowest BCUT2D eigenvalue weighted by Crippen LogP contribution is -2.52. The number of nitrogens with zero attached hydrogens (tertiary/aromatic N) is 2. The lowest BCUT2D eigenvalue weighted by molar-refractivity contribution is 0.180. The molecule has 0 aliphatic carbocycles. The zero-order chi connectivity index (χ0) is 12.7. The third-order valence-corrected chi connectivity index (χ3v) is 3.55. The summed E-state index contributed by atoms with van der Waals surface area (Å²) in [4.78, 5) is 4.94. The summed E-state index contributed by atoms with van der Waals surface area (Å²) in [5, 5.41) is 3.60. The molecule has 3 nitrogen and oxygen atoms in total. The van der Waals surface area contributed by atoms with Crippen molar-refractivity contribution in [2.24, 2.45) is 0 Å². The Morgan fingerprint density at radius 3 is 2.76 bits per heavy atom. The first-order chi connectivity index (χ1) is 8.19. The first kappa shape index (κ1) is 14.5. The minimum absolute atomic E-state index is 0.484. The van der Waals surface area contributed by atoms with Gasteiger partial charge in [-0.05, 0) is 47.1 Å². The normalized spacial score (nSPS) is 24.8. The van der Waals surface area contributed by atoms with E-state index in [1.54, 1.807) is 0 Å². The van der Waals surface area contributed by atoms with Crippen LogP contribution in [-0.4, -0.2) is 62.2 Å². The topological polar surface area (TPSA) is 18.5 Å². The Hall–Kier alpha value is -0.560. The van der Waals surface area contributed by atoms with Crippen molar-refractivity contribution in [1.82, 2.24) is 15.1 Å². The van der Waals surface area contributed by atoms with Crippen LogP contribution in [0.25, 0.3) is 0 Å². The lowest BCUT2D eigenvalue weighted by Gasteiger charge is -2.34. The summed E-state index contributed by atoms with van der Waals surface area (Å²) in [7, 11) is 4.47. The number of nitrogens with one attached hydrogen (secondary N) is 1. The van der Waals surface area contributed by atoms with Gasteiger partial charge < -0.3 is 15.1 Å². The minimum atomic E-state index is 0.484. The fraction of sp³-hybridized carbons (Fsp3) is 0.857. The number of hydrogen-bond donors (Lipinski definition) is 1. The first-order valence-corrected chi connectivity index (χ1v) is 6.70. The zero-order valence-corrected chi connectivity index (χ0v) is 11.8. The summed E-state index contributed by atoms with van der Waals surface area (Å²) in [6.45, 7) is 8.65. The van der Waals surface area contributed by atoms with Gasteiger partial charge in [-0.15, -0.1) is 11.8 Å². The number of rotatable bonds is 4. The molecule has 1 heterocycles. The molecule has 0 aromatic heterocycles. The second-order valence-electron chi connectivity index (χ2n) is 4.96. The highest BCUT2D eigenvalue weighted by atomic mass is 15.2. The maximum absolute atomic E-state index is 3.60. The van der Waals surface area contributed by atoms with Crippen molar-refractivity contribution >= 4 is 0 Å². The molecule has 0 aromatic carbocycles. The molecule has 0 spiro atoms. The third-order valence-electron chi connectivity index (χ3n) is 3.55. The highest BCUT2D eigenvalue weighted by Gasteiger charge is 2.27. The van der Waals surface area contributed by atoms with E-state index in [9.17, 15) is 0 Å². The molecule has 0 radical (unpaired) electrons. The predicted molar refractivity (Wildman–Crippen MR) is 74.1 cm³/mol. The van der Waals surface area contributed by atoms with Crippen molar-refractivity contribution in [3.63, 3.8) is 0 Å². The van der Waals surface area contributed by atoms with E-state index in [2.05, 4.69) is 48.0 Å². The van der Waals surface area contributed by atoms with Crippen molar-refractivity contribution in [2.45, 2.75) is 38.8 Å². The first-order valence-electron chi connectivity index (χ1n) is 6.70. The number of hydrogen-bond acceptors (Lipinski definition) is 3. The molecule has 17 heavy (non-hydrogen) atoms. The maximum Gasteiger partial charge on any atom is 0.0382 e. The Morgan fingerprint density at radius 2 is 2.12 bits per heavy atom. The molecule has 1 aliphatic rings. The highest BCUT2D eigenvalue weighted by molar-refractivity contribution is 5.01. The summed E-state index contributed by atoms with van der Waals surface area (Å²) >= 11 is 0. The summed E-state index contributed by atoms with van der Waals surface area (Å²) in [5.74, 6) is 6.24. The van der Waals surface area contributed by atoms with Crippen LogP contribution in [0, 0.1) is 11.8 Å². The van der Waals surface area contributed by atoms with Gasteiger partial charge in [0.05, 0.1) is 0 Å². The smallest absolute Gasteiger partial charge is 0.0382 e. The summed E-state index contributed by atoms with van der Waals surface area (Å²) < 4.78 is 0. The molecular weight excluding hydrogens is 210 g/mol. The lowest BCUT2D eigenvalue weighted by atomic mass is 10.0. The van der Waals surface area contributed by atoms with E-state index in [1.165, 1.54) is 19.5 Å². The second kappa shape index (κ2) is 7.71. The molecule has 1 fully saturated rings. The number of likely N-dealkylation sites (N-methyl/N-ethyl adjacent to an activating group) is 3. The Kier molecular flexibility index (Phi) is 6.57. The van der Waals surface area contributed by atoms with Crippen LogP contribution in [0.5, 0.6) is 0 Å². The van der Waals surface area contributed by atoms with Crippen LogP contribution in [0.3, 0.4) is 0 Å². The molecule has 1 saturated heterocycles. The molecule has 0 bridgehead atoms. The van der Waals surface area contributed by atoms with E-state index in [4.69, 9.17) is 0 Å². The SMILES string of the molecule is CC#CCC(NCC)C1CN(C)CCCN1C. The van der Waals surface area contributed by atoms with E-state index < -0.39 is 0 Å². The van der Waals surface area contributed by atoms with Gasteiger partial charge in [-0.1, -0.05) is 6.92 Å². The van der Waals surface area contributed by atoms with Gasteiger partial charge in [0, 0.05) is 25.0 Å². The van der Waals surface area contributed by atoms with Crippen LogP contribution in [0.1, 0.15) is 26.7 Å². The Labute approximate surface area is 107 Å². The predicted octanol–water partition coefficient (Wildman–Crippen LogP) is 1.01. The molecule has 0 amide bonds. The van der Waals surface area contributed by atoms with Gasteiger partial charge in [0.15, 0.2) is 0 Å². The van der Waals surface area contributed by atoms with E-state index in [0.29, 0.717) is 12.1 Å². The van der Waals surface area contributed by atoms with Gasteiger partial charge in [0.2, 0.25) is 0 Å². The minimum Gasteiger partial charge on any atom is -0.312 e. The van der Waals surface area contributed by atoms with Crippen molar-refractivity contribution in [3.05, 3.63) is 0 Å². The van der Waals surface area contributed by atoms with Crippen LogP contribution in [0.15, 0.2) is 0 Å². The molecule has 2 atom stereocenters. The van der Waals surface area contributed by atoms with E-state index >= 15 is 0 Å². The molecule has 1 N–H and O–H groups in total. The van der Waals surface area contributed by atoms with Gasteiger partial charge in [-0.25, -0.2) is 0 Å². The Balaban J connectivity index is 2.68. The summed E-state index contributed by atoms with van der Waals surface area (Å²) in [6, 6.07) is 1.06. The summed E-state index contributed by atoms with van der Waals surface area (Å²) in [5.41, 5.74) is 0. The van der Waals surface area contributed by atoms with Crippen molar-refractivity contribution < 1.29 is 0 Å². The summed E-state index contributed by atoms with van der Waals surface area (Å²) in [6.07, 6.45) is 2.22. The standard InChI is InChI=1S/C14H27N3/c1-5-7-9-13(15-6-2)14-12-16(3)10-8-11-17(14)4/h13-15H,6,8-12H2,1-4H3. The van der Waals surface area contributed by atoms with Crippen LogP contribution in [0.2, 0.25) is 0 Å². The van der Waals surface area contributed by atoms with Crippen molar-refractivity contribution in [2.75, 3.05) is 40.3 Å². The molecule has 1 rings (SSSR count). The monoisotopic (exact) mass is 237 g/mol. The van der Waals surface area contributed by atoms with Crippen LogP contribution < -0.4 is 5.32 Å². The van der Waals surface area contributed by atoms with Crippen molar-refractivity contribution in [3.8, 4) is 11.8 Å². The van der Waals surface area contributed by atoms with Gasteiger partial charge in [-0.3, -0.25) is 0 Å². The molecule has 0 saturated carbocycles. The zero-order valence-electron chi connectivity index (χ0n) is 11.8. The quantitative estimate of drug-likeness (QED) is 0.736. The molecule has 1 aliphatic heterocycles. The fourth-order valence-electron chi connectivity index (χ4n) is 2.56. The van der Waals surface area contributed by atoms with E-state index in [1.807, 2.05) is 6.92 Å². The van der Waals surface area contributed by atoms with Gasteiger partial charge in [0.1, 0.15) is 0 Å². The largest absolute Gasteiger partial charge is 0.312 e. The average Bonchev–Trinajstić information content (AvgIpc) is 2.47. The Bertz CT molecular complexity index is 266. The van der Waals surface area contributed by atoms with Gasteiger partial charge >= 0.3 is 0 Å². The van der Waals surface area contributed by atoms with Crippen molar-refractivity contribution in [1.29, 1.82) is 0 Å². The second-order valence-corrected chi connectivity index (χ2v) is 4.96. The van der Waals surface area contributed by atoms with E-state index in [0.717, 1.165) is 19.5 Å². The maximum atomic E-state index is 3.60. The Morgan fingerprint density at radius 1 is 1.35 bits per heavy atom. The van der Waals surface area contributed by atoms with Gasteiger partial charge in [-0.2, -0.15) is 0 Å². The molecule has 98 valence electrons. The van der Waals surface area contributed by atoms with Crippen LogP contribution in [0.4, 0.5) is 0 Å². The molecule has 3 heteroatoms. The fourth-order valence-corrected chi connectivity index (χ4v) is 2.56. The molecule has 0 aromatic rings. The van der Waals surface area contributed by atoms with E-state index in [-0.39, 0.29) is 0 Å². The molecule has 2 unspecified atom stereocenters.